The van der Waals surface area contributed by atoms with Gasteiger partial charge in [-0.05, 0) is 49.6 Å². The van der Waals surface area contributed by atoms with Crippen LogP contribution in [0.4, 0.5) is 5.69 Å². The summed E-state index contributed by atoms with van der Waals surface area (Å²) in [6.45, 7) is 3.84. The van der Waals surface area contributed by atoms with Crippen LogP contribution in [-0.2, 0) is 23.1 Å². The van der Waals surface area contributed by atoms with E-state index in [1.165, 1.54) is 5.56 Å². The Morgan fingerprint density at radius 3 is 2.74 bits per heavy atom. The molecule has 1 N–H and O–H groups in total. The monoisotopic (exact) mass is 307 g/mol. The lowest BCUT2D eigenvalue weighted by Crippen LogP contribution is -2.26. The number of fused-ring (bicyclic) bond motifs is 2. The molecule has 5 nitrogen and oxygen atoms in total. The van der Waals surface area contributed by atoms with Crippen molar-refractivity contribution in [3.8, 4) is 0 Å². The van der Waals surface area contributed by atoms with Gasteiger partial charge < -0.3 is 9.73 Å². The Hall–Kier alpha value is -2.69. The molecule has 1 aliphatic rings. The Kier molecular flexibility index (Phi) is 2.98. The molecule has 0 saturated heterocycles. The van der Waals surface area contributed by atoms with Gasteiger partial charge in [-0.2, -0.15) is 0 Å². The number of aromatic nitrogens is 2. The van der Waals surface area contributed by atoms with Gasteiger partial charge in [-0.15, -0.1) is 0 Å². The van der Waals surface area contributed by atoms with Crippen molar-refractivity contribution in [2.75, 3.05) is 5.32 Å². The summed E-state index contributed by atoms with van der Waals surface area (Å²) in [6, 6.07) is 7.83. The molecule has 0 unspecified atom stereocenters. The predicted molar refractivity (Wildman–Crippen MR) is 87.3 cm³/mol. The maximum atomic E-state index is 12.0. The fourth-order valence-electron chi connectivity index (χ4n) is 2.95. The maximum absolute atomic E-state index is 12.0. The number of benzene rings is 1. The lowest BCUT2D eigenvalue weighted by molar-refractivity contribution is -0.119. The SMILES string of the molecule is CC1(C)C(=O)Nc2cc3oc(CCc4ccncc4)nc3cc21. The minimum Gasteiger partial charge on any atom is -0.441 e. The average molecular weight is 307 g/mol. The summed E-state index contributed by atoms with van der Waals surface area (Å²) in [5, 5.41) is 2.91. The highest BCUT2D eigenvalue weighted by Crippen LogP contribution is 2.39. The number of carbonyl (C=O) groups excluding carboxylic acids is 1. The number of nitrogens with zero attached hydrogens (tertiary/aromatic N) is 2. The van der Waals surface area contributed by atoms with Crippen LogP contribution in [0.15, 0.2) is 41.1 Å². The van der Waals surface area contributed by atoms with Gasteiger partial charge in [0.1, 0.15) is 5.52 Å². The molecule has 1 aromatic carbocycles. The van der Waals surface area contributed by atoms with Crippen LogP contribution in [0.3, 0.4) is 0 Å². The summed E-state index contributed by atoms with van der Waals surface area (Å²) < 4.78 is 5.84. The highest BCUT2D eigenvalue weighted by Gasteiger charge is 2.38. The van der Waals surface area contributed by atoms with Crippen molar-refractivity contribution in [1.82, 2.24) is 9.97 Å². The van der Waals surface area contributed by atoms with Crippen molar-refractivity contribution in [3.63, 3.8) is 0 Å². The second-order valence-corrected chi connectivity index (χ2v) is 6.41. The van der Waals surface area contributed by atoms with Gasteiger partial charge in [0.2, 0.25) is 5.91 Å². The van der Waals surface area contributed by atoms with Gasteiger partial charge in [0.05, 0.1) is 5.41 Å². The molecule has 0 saturated carbocycles. The first kappa shape index (κ1) is 13.9. The van der Waals surface area contributed by atoms with E-state index in [1.54, 1.807) is 12.4 Å². The van der Waals surface area contributed by atoms with Crippen molar-refractivity contribution < 1.29 is 9.21 Å². The zero-order chi connectivity index (χ0) is 16.0. The molecular formula is C18H17N3O2. The lowest BCUT2D eigenvalue weighted by atomic mass is 9.86. The Balaban J connectivity index is 1.64. The number of hydrogen-bond donors (Lipinski definition) is 1. The quantitative estimate of drug-likeness (QED) is 0.806. The summed E-state index contributed by atoms with van der Waals surface area (Å²) in [5.74, 6) is 0.725. The average Bonchev–Trinajstić information content (AvgIpc) is 3.03. The highest BCUT2D eigenvalue weighted by atomic mass is 16.3. The molecule has 0 radical (unpaired) electrons. The Labute approximate surface area is 133 Å². The molecule has 116 valence electrons. The molecule has 23 heavy (non-hydrogen) atoms. The van der Waals surface area contributed by atoms with Crippen LogP contribution in [-0.4, -0.2) is 15.9 Å². The third-order valence-electron chi connectivity index (χ3n) is 4.44. The normalized spacial score (nSPS) is 15.7. The van der Waals surface area contributed by atoms with E-state index in [0.717, 1.165) is 29.6 Å². The van der Waals surface area contributed by atoms with Gasteiger partial charge >= 0.3 is 0 Å². The molecule has 3 aromatic rings. The van der Waals surface area contributed by atoms with E-state index in [4.69, 9.17) is 4.42 Å². The van der Waals surface area contributed by atoms with E-state index >= 15 is 0 Å². The van der Waals surface area contributed by atoms with E-state index in [1.807, 2.05) is 38.1 Å². The fourth-order valence-corrected chi connectivity index (χ4v) is 2.95. The predicted octanol–water partition coefficient (Wildman–Crippen LogP) is 3.24. The Bertz CT molecular complexity index is 897. The minimum atomic E-state index is -0.528. The summed E-state index contributed by atoms with van der Waals surface area (Å²) in [5.41, 5.74) is 4.00. The third-order valence-corrected chi connectivity index (χ3v) is 4.44. The summed E-state index contributed by atoms with van der Waals surface area (Å²) in [4.78, 5) is 20.6. The Morgan fingerprint density at radius 1 is 1.17 bits per heavy atom. The summed E-state index contributed by atoms with van der Waals surface area (Å²) >= 11 is 0. The zero-order valence-electron chi connectivity index (χ0n) is 13.1. The molecule has 0 fully saturated rings. The van der Waals surface area contributed by atoms with Crippen LogP contribution in [0, 0.1) is 0 Å². The van der Waals surface area contributed by atoms with Crippen LogP contribution in [0.5, 0.6) is 0 Å². The standard InChI is InChI=1S/C18H17N3O2/c1-18(2)12-9-14-15(10-13(12)21-17(18)22)23-16(20-14)4-3-11-5-7-19-8-6-11/h5-10H,3-4H2,1-2H3,(H,21,22). The molecule has 1 amide bonds. The van der Waals surface area contributed by atoms with E-state index in [0.29, 0.717) is 11.5 Å². The molecule has 0 aliphatic carbocycles. The van der Waals surface area contributed by atoms with Crippen LogP contribution in [0.2, 0.25) is 0 Å². The fraction of sp³-hybridized carbons (Fsp3) is 0.278. The second-order valence-electron chi connectivity index (χ2n) is 6.41. The lowest BCUT2D eigenvalue weighted by Gasteiger charge is -2.14. The van der Waals surface area contributed by atoms with E-state index in [2.05, 4.69) is 15.3 Å². The zero-order valence-corrected chi connectivity index (χ0v) is 13.1. The van der Waals surface area contributed by atoms with Crippen LogP contribution in [0.1, 0.15) is 30.9 Å². The number of aryl methyl sites for hydroxylation is 2. The molecule has 3 heterocycles. The number of carbonyl (C=O) groups is 1. The number of oxazole rings is 1. The van der Waals surface area contributed by atoms with Crippen LogP contribution >= 0.6 is 0 Å². The van der Waals surface area contributed by atoms with Gasteiger partial charge in [0, 0.05) is 30.6 Å². The second kappa shape index (κ2) is 4.91. The van der Waals surface area contributed by atoms with E-state index < -0.39 is 5.41 Å². The van der Waals surface area contributed by atoms with Gasteiger partial charge in [-0.25, -0.2) is 4.98 Å². The van der Waals surface area contributed by atoms with Crippen molar-refractivity contribution >= 4 is 22.7 Å². The largest absolute Gasteiger partial charge is 0.441 e. The highest BCUT2D eigenvalue weighted by molar-refractivity contribution is 6.07. The Morgan fingerprint density at radius 2 is 1.96 bits per heavy atom. The third kappa shape index (κ3) is 2.29. The van der Waals surface area contributed by atoms with Gasteiger partial charge in [0.15, 0.2) is 11.5 Å². The number of amides is 1. The topological polar surface area (TPSA) is 68.0 Å². The minimum absolute atomic E-state index is 0.0121. The maximum Gasteiger partial charge on any atom is 0.234 e. The first-order chi connectivity index (χ1) is 11.0. The number of nitrogens with one attached hydrogen (secondary N) is 1. The number of pyridine rings is 1. The molecule has 0 bridgehead atoms. The van der Waals surface area contributed by atoms with Crippen LogP contribution < -0.4 is 5.32 Å². The van der Waals surface area contributed by atoms with Crippen molar-refractivity contribution in [3.05, 3.63) is 53.7 Å². The van der Waals surface area contributed by atoms with Gasteiger partial charge in [0.25, 0.3) is 0 Å². The molecular weight excluding hydrogens is 290 g/mol. The molecule has 5 heteroatoms. The first-order valence-electron chi connectivity index (χ1n) is 7.68. The molecule has 0 spiro atoms. The van der Waals surface area contributed by atoms with E-state index in [-0.39, 0.29) is 5.91 Å². The first-order valence-corrected chi connectivity index (χ1v) is 7.68. The number of anilines is 1. The summed E-state index contributed by atoms with van der Waals surface area (Å²) in [7, 11) is 0. The molecule has 2 aromatic heterocycles. The number of rotatable bonds is 3. The smallest absolute Gasteiger partial charge is 0.234 e. The van der Waals surface area contributed by atoms with Crippen molar-refractivity contribution in [1.29, 1.82) is 0 Å². The molecule has 1 aliphatic heterocycles. The van der Waals surface area contributed by atoms with Gasteiger partial charge in [-0.3, -0.25) is 9.78 Å². The van der Waals surface area contributed by atoms with Crippen LogP contribution in [0.25, 0.3) is 11.1 Å². The molecule has 0 atom stereocenters. The van der Waals surface area contributed by atoms with Crippen molar-refractivity contribution in [2.45, 2.75) is 32.1 Å². The molecule has 4 rings (SSSR count). The van der Waals surface area contributed by atoms with Gasteiger partial charge in [-0.1, -0.05) is 0 Å². The van der Waals surface area contributed by atoms with E-state index in [9.17, 15) is 4.79 Å². The summed E-state index contributed by atoms with van der Waals surface area (Å²) in [6.07, 6.45) is 5.17. The number of hydrogen-bond acceptors (Lipinski definition) is 4. The van der Waals surface area contributed by atoms with Crippen molar-refractivity contribution in [2.24, 2.45) is 0 Å².